The molecule has 1 fully saturated rings. The summed E-state index contributed by atoms with van der Waals surface area (Å²) >= 11 is 0. The molecule has 2 rings (SSSR count). The smallest absolute Gasteiger partial charge is 0.251 e. The van der Waals surface area contributed by atoms with E-state index in [1.54, 1.807) is 19.2 Å². The molecule has 1 aliphatic heterocycles. The minimum absolute atomic E-state index is 0. The van der Waals surface area contributed by atoms with Crippen LogP contribution in [0.15, 0.2) is 29.3 Å². The largest absolute Gasteiger partial charge is 0.385 e. The molecule has 4 N–H and O–H groups in total. The predicted octanol–water partition coefficient (Wildman–Crippen LogP) is 1.50. The Morgan fingerprint density at radius 2 is 1.84 bits per heavy atom. The number of likely N-dealkylation sites (tertiary alicyclic amines) is 1. The van der Waals surface area contributed by atoms with Crippen LogP contribution in [0.5, 0.6) is 0 Å². The molecule has 32 heavy (non-hydrogen) atoms. The van der Waals surface area contributed by atoms with E-state index in [9.17, 15) is 9.59 Å². The summed E-state index contributed by atoms with van der Waals surface area (Å²) in [5.41, 5.74) is 6.53. The number of nitrogens with one attached hydrogen (secondary N) is 2. The minimum atomic E-state index is -0.572. The molecule has 0 atom stereocenters. The standard InChI is InChI=1S/C22H35N5O4.HI/c1-3-24-22(27-11-9-19(10-12-27)31-14-4-13-30-2)26-15-17-5-7-18(8-6-17)21(29)25-16-20(23)28;/h5-8,19H,3-4,9-16H2,1-2H3,(H2,23,28)(H,24,26)(H,25,29);1H. The van der Waals surface area contributed by atoms with Gasteiger partial charge < -0.3 is 30.7 Å². The molecule has 0 spiro atoms. The van der Waals surface area contributed by atoms with Crippen molar-refractivity contribution in [3.63, 3.8) is 0 Å². The Morgan fingerprint density at radius 1 is 1.16 bits per heavy atom. The van der Waals surface area contributed by atoms with E-state index in [4.69, 9.17) is 20.2 Å². The number of nitrogens with zero attached hydrogens (tertiary/aromatic N) is 2. The van der Waals surface area contributed by atoms with Crippen molar-refractivity contribution in [1.82, 2.24) is 15.5 Å². The number of aliphatic imine (C=N–C) groups is 1. The van der Waals surface area contributed by atoms with Crippen molar-refractivity contribution in [2.75, 3.05) is 46.5 Å². The van der Waals surface area contributed by atoms with Crippen molar-refractivity contribution in [2.45, 2.75) is 38.8 Å². The maximum absolute atomic E-state index is 12.0. The molecule has 1 aromatic carbocycles. The van der Waals surface area contributed by atoms with Crippen LogP contribution >= 0.6 is 24.0 Å². The van der Waals surface area contributed by atoms with Gasteiger partial charge >= 0.3 is 0 Å². The molecule has 10 heteroatoms. The first-order valence-electron chi connectivity index (χ1n) is 10.8. The fraction of sp³-hybridized carbons (Fsp3) is 0.591. The molecule has 1 aromatic rings. The minimum Gasteiger partial charge on any atom is -0.385 e. The van der Waals surface area contributed by atoms with Crippen LogP contribution in [-0.2, 0) is 20.8 Å². The third-order valence-corrected chi connectivity index (χ3v) is 4.97. The lowest BCUT2D eigenvalue weighted by Gasteiger charge is -2.34. The summed E-state index contributed by atoms with van der Waals surface area (Å²) in [5, 5.41) is 5.84. The highest BCUT2D eigenvalue weighted by molar-refractivity contribution is 14.0. The van der Waals surface area contributed by atoms with Crippen molar-refractivity contribution >= 4 is 41.8 Å². The fourth-order valence-electron chi connectivity index (χ4n) is 3.31. The van der Waals surface area contributed by atoms with Gasteiger partial charge in [-0.1, -0.05) is 12.1 Å². The van der Waals surface area contributed by atoms with Gasteiger partial charge in [0.25, 0.3) is 5.91 Å². The quantitative estimate of drug-likeness (QED) is 0.163. The van der Waals surface area contributed by atoms with Gasteiger partial charge in [0.1, 0.15) is 0 Å². The lowest BCUT2D eigenvalue weighted by Crippen LogP contribution is -2.47. The lowest BCUT2D eigenvalue weighted by atomic mass is 10.1. The van der Waals surface area contributed by atoms with Crippen LogP contribution < -0.4 is 16.4 Å². The zero-order valence-electron chi connectivity index (χ0n) is 19.0. The highest BCUT2D eigenvalue weighted by Crippen LogP contribution is 2.15. The normalized spacial score (nSPS) is 14.6. The van der Waals surface area contributed by atoms with E-state index in [2.05, 4.69) is 22.5 Å². The van der Waals surface area contributed by atoms with E-state index < -0.39 is 5.91 Å². The first kappa shape index (κ1) is 28.1. The van der Waals surface area contributed by atoms with E-state index in [-0.39, 0.29) is 36.4 Å². The molecule has 1 aliphatic rings. The molecule has 0 saturated carbocycles. The van der Waals surface area contributed by atoms with Crippen LogP contribution in [0.4, 0.5) is 0 Å². The van der Waals surface area contributed by atoms with Gasteiger partial charge in [-0.25, -0.2) is 4.99 Å². The van der Waals surface area contributed by atoms with Crippen LogP contribution in [0, 0.1) is 0 Å². The van der Waals surface area contributed by atoms with Gasteiger partial charge in [0.15, 0.2) is 5.96 Å². The van der Waals surface area contributed by atoms with Gasteiger partial charge in [-0.15, -0.1) is 24.0 Å². The second kappa shape index (κ2) is 15.8. The Labute approximate surface area is 207 Å². The zero-order chi connectivity index (χ0) is 22.5. The number of hydrogen-bond donors (Lipinski definition) is 3. The number of piperidine rings is 1. The third-order valence-electron chi connectivity index (χ3n) is 4.97. The molecule has 0 aliphatic carbocycles. The SMILES string of the molecule is CCNC(=NCc1ccc(C(=O)NCC(N)=O)cc1)N1CCC(OCCCOC)CC1.I. The van der Waals surface area contributed by atoms with E-state index in [1.807, 2.05) is 12.1 Å². The Morgan fingerprint density at radius 3 is 2.44 bits per heavy atom. The number of nitrogens with two attached hydrogens (primary N) is 1. The second-order valence-corrected chi connectivity index (χ2v) is 7.42. The van der Waals surface area contributed by atoms with Gasteiger partial charge in [-0.2, -0.15) is 0 Å². The number of ether oxygens (including phenoxy) is 2. The number of amides is 2. The average molecular weight is 561 g/mol. The molecule has 2 amide bonds. The van der Waals surface area contributed by atoms with Crippen LogP contribution in [0.2, 0.25) is 0 Å². The lowest BCUT2D eigenvalue weighted by molar-refractivity contribution is -0.117. The molecule has 0 radical (unpaired) electrons. The Kier molecular flexibility index (Phi) is 13.9. The molecular formula is C22H36IN5O4. The number of carbonyl (C=O) groups excluding carboxylic acids is 2. The van der Waals surface area contributed by atoms with Crippen molar-refractivity contribution in [2.24, 2.45) is 10.7 Å². The number of halogens is 1. The van der Waals surface area contributed by atoms with Crippen LogP contribution in [0.1, 0.15) is 42.1 Å². The number of guanidine groups is 1. The summed E-state index contributed by atoms with van der Waals surface area (Å²) in [6.07, 6.45) is 3.18. The topological polar surface area (TPSA) is 118 Å². The Hall–Kier alpha value is -1.92. The Bertz CT molecular complexity index is 722. The predicted molar refractivity (Wildman–Crippen MR) is 135 cm³/mol. The molecule has 1 saturated heterocycles. The highest BCUT2D eigenvalue weighted by atomic mass is 127. The number of benzene rings is 1. The number of carbonyl (C=O) groups is 2. The molecule has 1 heterocycles. The zero-order valence-corrected chi connectivity index (χ0v) is 21.3. The van der Waals surface area contributed by atoms with E-state index in [1.165, 1.54) is 0 Å². The first-order chi connectivity index (χ1) is 15.0. The molecule has 9 nitrogen and oxygen atoms in total. The summed E-state index contributed by atoms with van der Waals surface area (Å²) < 4.78 is 11.0. The highest BCUT2D eigenvalue weighted by Gasteiger charge is 2.21. The van der Waals surface area contributed by atoms with Gasteiger partial charge in [-0.05, 0) is 43.9 Å². The van der Waals surface area contributed by atoms with Crippen molar-refractivity contribution in [1.29, 1.82) is 0 Å². The number of rotatable bonds is 11. The van der Waals surface area contributed by atoms with Crippen molar-refractivity contribution in [3.8, 4) is 0 Å². The summed E-state index contributed by atoms with van der Waals surface area (Å²) in [6, 6.07) is 7.18. The monoisotopic (exact) mass is 561 g/mol. The molecule has 180 valence electrons. The summed E-state index contributed by atoms with van der Waals surface area (Å²) in [4.78, 5) is 29.8. The van der Waals surface area contributed by atoms with Gasteiger partial charge in [0, 0.05) is 45.5 Å². The van der Waals surface area contributed by atoms with Gasteiger partial charge in [0.05, 0.1) is 19.2 Å². The van der Waals surface area contributed by atoms with Gasteiger partial charge in [-0.3, -0.25) is 9.59 Å². The molecular weight excluding hydrogens is 525 g/mol. The molecule has 0 bridgehead atoms. The van der Waals surface area contributed by atoms with Crippen LogP contribution in [0.25, 0.3) is 0 Å². The molecule has 0 aromatic heterocycles. The number of hydrogen-bond acceptors (Lipinski definition) is 5. The third kappa shape index (κ3) is 10.1. The fourth-order valence-corrected chi connectivity index (χ4v) is 3.31. The maximum Gasteiger partial charge on any atom is 0.251 e. The van der Waals surface area contributed by atoms with Crippen molar-refractivity contribution < 1.29 is 19.1 Å². The summed E-state index contributed by atoms with van der Waals surface area (Å²) in [6.45, 7) is 6.47. The number of primary amides is 1. The van der Waals surface area contributed by atoms with E-state index in [0.29, 0.717) is 18.2 Å². The Balaban J connectivity index is 0.00000512. The van der Waals surface area contributed by atoms with Gasteiger partial charge in [0.2, 0.25) is 5.91 Å². The number of methoxy groups -OCH3 is 1. The maximum atomic E-state index is 12.0. The van der Waals surface area contributed by atoms with Crippen LogP contribution in [-0.4, -0.2) is 75.3 Å². The average Bonchev–Trinajstić information content (AvgIpc) is 2.78. The second-order valence-electron chi connectivity index (χ2n) is 7.42. The molecule has 0 unspecified atom stereocenters. The van der Waals surface area contributed by atoms with Crippen molar-refractivity contribution in [3.05, 3.63) is 35.4 Å². The summed E-state index contributed by atoms with van der Waals surface area (Å²) in [7, 11) is 1.71. The van der Waals surface area contributed by atoms with E-state index in [0.717, 1.165) is 63.6 Å². The van der Waals surface area contributed by atoms with Crippen LogP contribution in [0.3, 0.4) is 0 Å². The van der Waals surface area contributed by atoms with E-state index >= 15 is 0 Å². The summed E-state index contributed by atoms with van der Waals surface area (Å²) in [5.74, 6) is -0.00457. The first-order valence-corrected chi connectivity index (χ1v) is 10.8.